The van der Waals surface area contributed by atoms with Crippen LogP contribution in [0.2, 0.25) is 0 Å². The van der Waals surface area contributed by atoms with Gasteiger partial charge in [0.2, 0.25) is 5.91 Å². The lowest BCUT2D eigenvalue weighted by molar-refractivity contribution is -0.118. The van der Waals surface area contributed by atoms with Crippen LogP contribution in [-0.2, 0) is 11.2 Å². The second-order valence-electron chi connectivity index (χ2n) is 4.23. The van der Waals surface area contributed by atoms with E-state index in [0.29, 0.717) is 31.1 Å². The second-order valence-corrected chi connectivity index (χ2v) is 5.41. The first-order valence-corrected chi connectivity index (χ1v) is 7.42. The normalized spacial score (nSPS) is 18.0. The van der Waals surface area contributed by atoms with Crippen LogP contribution in [0.4, 0.5) is 4.79 Å². The number of benzene rings is 1. The number of amides is 2. The Balaban J connectivity index is 2.14. The molecule has 1 aliphatic heterocycles. The lowest BCUT2D eigenvalue weighted by Crippen LogP contribution is -2.25. The van der Waals surface area contributed by atoms with E-state index in [-0.39, 0.29) is 16.4 Å². The van der Waals surface area contributed by atoms with Gasteiger partial charge in [0.15, 0.2) is 11.5 Å². The molecule has 20 heavy (non-hydrogen) atoms. The van der Waals surface area contributed by atoms with Crippen molar-refractivity contribution in [2.75, 3.05) is 13.2 Å². The van der Waals surface area contributed by atoms with E-state index in [4.69, 9.17) is 9.47 Å². The van der Waals surface area contributed by atoms with Gasteiger partial charge in [-0.2, -0.15) is 0 Å². The van der Waals surface area contributed by atoms with Gasteiger partial charge in [-0.3, -0.25) is 14.9 Å². The molecule has 1 heterocycles. The predicted molar refractivity (Wildman–Crippen MR) is 77.4 cm³/mol. The lowest BCUT2D eigenvalue weighted by atomic mass is 10.1. The van der Waals surface area contributed by atoms with Gasteiger partial charge in [0, 0.05) is 0 Å². The molecule has 1 aromatic carbocycles. The highest BCUT2D eigenvalue weighted by Crippen LogP contribution is 2.31. The fraction of sp³-hybridized carbons (Fsp3) is 0.429. The van der Waals surface area contributed by atoms with Crippen molar-refractivity contribution in [3.63, 3.8) is 0 Å². The maximum absolute atomic E-state index is 11.6. The topological polar surface area (TPSA) is 64.6 Å². The summed E-state index contributed by atoms with van der Waals surface area (Å²) >= 11 is 1.03. The first-order chi connectivity index (χ1) is 9.63. The van der Waals surface area contributed by atoms with E-state index in [9.17, 15) is 9.59 Å². The zero-order valence-corrected chi connectivity index (χ0v) is 12.3. The molecule has 0 aliphatic carbocycles. The van der Waals surface area contributed by atoms with Crippen LogP contribution >= 0.6 is 11.8 Å². The molecule has 0 radical (unpaired) electrons. The van der Waals surface area contributed by atoms with Gasteiger partial charge in [-0.05, 0) is 38.0 Å². The molecule has 0 aromatic heterocycles. The monoisotopic (exact) mass is 295 g/mol. The van der Waals surface area contributed by atoms with Crippen molar-refractivity contribution in [2.45, 2.75) is 25.5 Å². The summed E-state index contributed by atoms with van der Waals surface area (Å²) < 4.78 is 11.0. The zero-order valence-electron chi connectivity index (χ0n) is 11.5. The van der Waals surface area contributed by atoms with Crippen LogP contribution in [0.1, 0.15) is 19.4 Å². The number of nitrogens with one attached hydrogen (secondary N) is 1. The van der Waals surface area contributed by atoms with E-state index in [1.807, 2.05) is 32.0 Å². The molecule has 1 fully saturated rings. The van der Waals surface area contributed by atoms with Gasteiger partial charge in [-0.1, -0.05) is 17.8 Å². The molecule has 1 atom stereocenters. The molecule has 1 aliphatic rings. The Kier molecular flexibility index (Phi) is 4.89. The van der Waals surface area contributed by atoms with Gasteiger partial charge < -0.3 is 9.47 Å². The molecule has 1 unspecified atom stereocenters. The van der Waals surface area contributed by atoms with Crippen molar-refractivity contribution < 1.29 is 19.1 Å². The lowest BCUT2D eigenvalue weighted by Gasteiger charge is -2.13. The van der Waals surface area contributed by atoms with Crippen LogP contribution in [0.15, 0.2) is 18.2 Å². The second kappa shape index (κ2) is 6.65. The number of imide groups is 1. The number of rotatable bonds is 6. The van der Waals surface area contributed by atoms with E-state index in [1.165, 1.54) is 0 Å². The largest absolute Gasteiger partial charge is 0.490 e. The molecule has 1 aromatic rings. The fourth-order valence-electron chi connectivity index (χ4n) is 1.96. The maximum atomic E-state index is 11.6. The summed E-state index contributed by atoms with van der Waals surface area (Å²) in [5.41, 5.74) is 0.944. The van der Waals surface area contributed by atoms with E-state index in [0.717, 1.165) is 17.3 Å². The number of hydrogen-bond acceptors (Lipinski definition) is 5. The van der Waals surface area contributed by atoms with Gasteiger partial charge in [0.1, 0.15) is 0 Å². The predicted octanol–water partition coefficient (Wildman–Crippen LogP) is 2.38. The van der Waals surface area contributed by atoms with Crippen LogP contribution in [0.3, 0.4) is 0 Å². The van der Waals surface area contributed by atoms with Crippen LogP contribution in [0, 0.1) is 0 Å². The molecule has 0 saturated carbocycles. The smallest absolute Gasteiger partial charge is 0.286 e. The van der Waals surface area contributed by atoms with Crippen molar-refractivity contribution in [2.24, 2.45) is 0 Å². The third kappa shape index (κ3) is 3.45. The van der Waals surface area contributed by atoms with E-state index < -0.39 is 0 Å². The fourth-order valence-corrected chi connectivity index (χ4v) is 2.82. The molecule has 0 spiro atoms. The first-order valence-electron chi connectivity index (χ1n) is 6.54. The van der Waals surface area contributed by atoms with Crippen molar-refractivity contribution in [3.8, 4) is 11.5 Å². The maximum Gasteiger partial charge on any atom is 0.286 e. The molecule has 5 nitrogen and oxygen atoms in total. The summed E-state index contributed by atoms with van der Waals surface area (Å²) in [6.45, 7) is 4.92. The standard InChI is InChI=1S/C14H17NO4S/c1-3-18-10-6-5-9(7-11(10)19-4-2)8-12-13(16)15-14(17)20-12/h5-7,12H,3-4,8H2,1-2H3,(H,15,16,17). The molecule has 108 valence electrons. The van der Waals surface area contributed by atoms with Crippen molar-refractivity contribution in [3.05, 3.63) is 23.8 Å². The Bertz CT molecular complexity index is 518. The number of carbonyl (C=O) groups excluding carboxylic acids is 2. The third-order valence-electron chi connectivity index (χ3n) is 2.80. The summed E-state index contributed by atoms with van der Waals surface area (Å²) in [6.07, 6.45) is 0.495. The molecule has 2 amide bonds. The highest BCUT2D eigenvalue weighted by atomic mass is 32.2. The Morgan fingerprint density at radius 3 is 2.45 bits per heavy atom. The van der Waals surface area contributed by atoms with E-state index >= 15 is 0 Å². The molecule has 1 N–H and O–H groups in total. The van der Waals surface area contributed by atoms with Crippen LogP contribution < -0.4 is 14.8 Å². The minimum Gasteiger partial charge on any atom is -0.490 e. The highest BCUT2D eigenvalue weighted by Gasteiger charge is 2.31. The first kappa shape index (κ1) is 14.7. The van der Waals surface area contributed by atoms with Crippen LogP contribution in [0.25, 0.3) is 0 Å². The van der Waals surface area contributed by atoms with E-state index in [2.05, 4.69) is 5.32 Å². The van der Waals surface area contributed by atoms with Crippen molar-refractivity contribution in [1.29, 1.82) is 0 Å². The van der Waals surface area contributed by atoms with Crippen LogP contribution in [-0.4, -0.2) is 29.6 Å². The minimum atomic E-state index is -0.366. The van der Waals surface area contributed by atoms with Gasteiger partial charge in [0.05, 0.1) is 18.5 Å². The molecule has 2 rings (SSSR count). The molecule has 6 heteroatoms. The van der Waals surface area contributed by atoms with Gasteiger partial charge in [0.25, 0.3) is 5.24 Å². The summed E-state index contributed by atoms with van der Waals surface area (Å²) in [7, 11) is 0. The zero-order chi connectivity index (χ0) is 14.5. The Morgan fingerprint density at radius 1 is 1.15 bits per heavy atom. The molecular formula is C14H17NO4S. The SMILES string of the molecule is CCOc1ccc(CC2SC(=O)NC2=O)cc1OCC. The number of ether oxygens (including phenoxy) is 2. The van der Waals surface area contributed by atoms with Gasteiger partial charge in [-0.25, -0.2) is 0 Å². The Hall–Kier alpha value is -1.69. The number of hydrogen-bond donors (Lipinski definition) is 1. The third-order valence-corrected chi connectivity index (χ3v) is 3.78. The Labute approximate surface area is 122 Å². The summed E-state index contributed by atoms with van der Waals surface area (Å²) in [5, 5.41) is 1.64. The molecule has 1 saturated heterocycles. The highest BCUT2D eigenvalue weighted by molar-refractivity contribution is 8.15. The summed E-state index contributed by atoms with van der Waals surface area (Å²) in [6, 6.07) is 5.60. The van der Waals surface area contributed by atoms with Gasteiger partial charge in [-0.15, -0.1) is 0 Å². The average Bonchev–Trinajstić information content (AvgIpc) is 2.71. The van der Waals surface area contributed by atoms with Crippen molar-refractivity contribution >= 4 is 22.9 Å². The Morgan fingerprint density at radius 2 is 1.85 bits per heavy atom. The minimum absolute atomic E-state index is 0.230. The summed E-state index contributed by atoms with van der Waals surface area (Å²) in [5.74, 6) is 1.13. The van der Waals surface area contributed by atoms with Crippen LogP contribution in [0.5, 0.6) is 11.5 Å². The molecule has 0 bridgehead atoms. The van der Waals surface area contributed by atoms with E-state index in [1.54, 1.807) is 0 Å². The van der Waals surface area contributed by atoms with Crippen molar-refractivity contribution in [1.82, 2.24) is 5.32 Å². The molecular weight excluding hydrogens is 278 g/mol. The number of carbonyl (C=O) groups is 2. The quantitative estimate of drug-likeness (QED) is 0.873. The summed E-state index contributed by atoms with van der Waals surface area (Å²) in [4.78, 5) is 22.7. The number of thioether (sulfide) groups is 1. The van der Waals surface area contributed by atoms with Gasteiger partial charge >= 0.3 is 0 Å². The average molecular weight is 295 g/mol.